The molecule has 0 amide bonds. The van der Waals surface area contributed by atoms with E-state index in [-0.39, 0.29) is 5.78 Å². The van der Waals surface area contributed by atoms with E-state index < -0.39 is 0 Å². The molecule has 150 valence electrons. The third-order valence-corrected chi connectivity index (χ3v) is 5.42. The quantitative estimate of drug-likeness (QED) is 0.530. The lowest BCUT2D eigenvalue weighted by molar-refractivity contribution is -0.115. The second-order valence-corrected chi connectivity index (χ2v) is 6.41. The Morgan fingerprint density at radius 1 is 0.423 bits per heavy atom. The van der Waals surface area contributed by atoms with Gasteiger partial charge in [0.05, 0.1) is 11.4 Å². The maximum atomic E-state index is 13.7. The Bertz CT molecular complexity index is 476. The van der Waals surface area contributed by atoms with Gasteiger partial charge in [0.2, 0.25) is 5.78 Å². The van der Waals surface area contributed by atoms with Gasteiger partial charge < -0.3 is 19.6 Å². The lowest BCUT2D eigenvalue weighted by Crippen LogP contribution is -2.35. The first-order chi connectivity index (χ1) is 12.5. The number of hydrogen-bond donors (Lipinski definition) is 0. The second-order valence-electron chi connectivity index (χ2n) is 6.41. The van der Waals surface area contributed by atoms with E-state index in [9.17, 15) is 4.79 Å². The molecule has 0 N–H and O–H groups in total. The van der Waals surface area contributed by atoms with Crippen LogP contribution >= 0.6 is 0 Å². The van der Waals surface area contributed by atoms with Gasteiger partial charge in [0.1, 0.15) is 11.4 Å². The van der Waals surface area contributed by atoms with Gasteiger partial charge in [-0.3, -0.25) is 4.79 Å². The Morgan fingerprint density at radius 2 is 0.615 bits per heavy atom. The summed E-state index contributed by atoms with van der Waals surface area (Å²) in [5.74, 6) is 0.196. The van der Waals surface area contributed by atoms with Crippen LogP contribution in [0.1, 0.15) is 55.4 Å². The van der Waals surface area contributed by atoms with Crippen LogP contribution in [0.15, 0.2) is 22.8 Å². The highest BCUT2D eigenvalue weighted by Gasteiger charge is 2.40. The fourth-order valence-electron chi connectivity index (χ4n) is 3.90. The highest BCUT2D eigenvalue weighted by molar-refractivity contribution is 6.12. The van der Waals surface area contributed by atoms with E-state index in [0.29, 0.717) is 0 Å². The van der Waals surface area contributed by atoms with Gasteiger partial charge in [-0.25, -0.2) is 0 Å². The number of nitrogens with zero attached hydrogens (tertiary/aromatic N) is 4. The van der Waals surface area contributed by atoms with Gasteiger partial charge in [0, 0.05) is 52.4 Å². The van der Waals surface area contributed by atoms with Gasteiger partial charge in [0.15, 0.2) is 0 Å². The normalized spacial score (nSPS) is 14.4. The Kier molecular flexibility index (Phi) is 9.03. The minimum Gasteiger partial charge on any atom is -0.369 e. The summed E-state index contributed by atoms with van der Waals surface area (Å²) in [6, 6.07) is 0. The van der Waals surface area contributed by atoms with Gasteiger partial charge in [0.25, 0.3) is 0 Å². The maximum absolute atomic E-state index is 13.7. The third-order valence-electron chi connectivity index (χ3n) is 5.42. The zero-order chi connectivity index (χ0) is 19.9. The maximum Gasteiger partial charge on any atom is 0.229 e. The SMILES string of the molecule is CCN(CC)C1=C(N(CC)CC)C(N(CC)CC)=C(N(CC)CC)C1=O. The van der Waals surface area contributed by atoms with Crippen molar-refractivity contribution in [3.8, 4) is 0 Å². The molecule has 0 bridgehead atoms. The molecule has 0 saturated heterocycles. The molecule has 0 fully saturated rings. The number of hydrogen-bond acceptors (Lipinski definition) is 5. The molecule has 1 aliphatic carbocycles. The van der Waals surface area contributed by atoms with Crippen molar-refractivity contribution in [3.05, 3.63) is 22.8 Å². The van der Waals surface area contributed by atoms with E-state index in [1.54, 1.807) is 0 Å². The van der Waals surface area contributed by atoms with Crippen LogP contribution in [0.2, 0.25) is 0 Å². The van der Waals surface area contributed by atoms with E-state index in [4.69, 9.17) is 0 Å². The molecule has 0 radical (unpaired) electrons. The van der Waals surface area contributed by atoms with Crippen LogP contribution in [0.4, 0.5) is 0 Å². The molecule has 0 aliphatic heterocycles. The standard InChI is InChI=1S/C21H40N4O/c1-9-22(10-2)17-18(23(11-3)12-4)20(25(15-7)16-8)21(26)19(17)24(13-5)14-6/h9-16H2,1-8H3. The van der Waals surface area contributed by atoms with E-state index in [1.807, 2.05) is 0 Å². The van der Waals surface area contributed by atoms with Crippen LogP contribution in [-0.2, 0) is 4.79 Å². The average molecular weight is 365 g/mol. The molecule has 26 heavy (non-hydrogen) atoms. The molecule has 5 nitrogen and oxygen atoms in total. The molecule has 1 rings (SSSR count). The molecule has 0 aromatic carbocycles. The highest BCUT2D eigenvalue weighted by atomic mass is 16.1. The Balaban J connectivity index is 3.78. The van der Waals surface area contributed by atoms with Crippen molar-refractivity contribution in [1.82, 2.24) is 19.6 Å². The first-order valence-corrected chi connectivity index (χ1v) is 10.5. The Hall–Kier alpha value is -1.65. The molecule has 5 heteroatoms. The van der Waals surface area contributed by atoms with Crippen LogP contribution in [0.25, 0.3) is 0 Å². The fraction of sp³-hybridized carbons (Fsp3) is 0.762. The van der Waals surface area contributed by atoms with Gasteiger partial charge >= 0.3 is 0 Å². The number of ketones is 1. The van der Waals surface area contributed by atoms with Crippen LogP contribution in [-0.4, -0.2) is 77.7 Å². The Morgan fingerprint density at radius 3 is 0.808 bits per heavy atom. The molecule has 0 heterocycles. The topological polar surface area (TPSA) is 30.0 Å². The minimum absolute atomic E-state index is 0.196. The van der Waals surface area contributed by atoms with Gasteiger partial charge in [-0.15, -0.1) is 0 Å². The summed E-state index contributed by atoms with van der Waals surface area (Å²) in [7, 11) is 0. The molecule has 0 aromatic rings. The molecule has 0 unspecified atom stereocenters. The van der Waals surface area contributed by atoms with E-state index in [2.05, 4.69) is 75.0 Å². The van der Waals surface area contributed by atoms with Crippen molar-refractivity contribution in [3.63, 3.8) is 0 Å². The fourth-order valence-corrected chi connectivity index (χ4v) is 3.90. The number of Topliss-reactive ketones (excluding diaryl/α,β-unsaturated/α-hetero) is 1. The first-order valence-electron chi connectivity index (χ1n) is 10.5. The summed E-state index contributed by atoms with van der Waals surface area (Å²) in [5.41, 5.74) is 4.05. The number of rotatable bonds is 12. The Labute approximate surface area is 161 Å². The van der Waals surface area contributed by atoms with Crippen molar-refractivity contribution in [2.75, 3.05) is 52.4 Å². The summed E-state index contributed by atoms with van der Waals surface area (Å²) in [6.45, 7) is 24.2. The van der Waals surface area contributed by atoms with E-state index >= 15 is 0 Å². The van der Waals surface area contributed by atoms with Crippen molar-refractivity contribution >= 4 is 5.78 Å². The van der Waals surface area contributed by atoms with Crippen LogP contribution in [0.3, 0.4) is 0 Å². The summed E-state index contributed by atoms with van der Waals surface area (Å²) in [5, 5.41) is 0. The van der Waals surface area contributed by atoms with Crippen molar-refractivity contribution in [2.45, 2.75) is 55.4 Å². The number of carbonyl (C=O) groups excluding carboxylic acids is 1. The molecule has 0 spiro atoms. The summed E-state index contributed by atoms with van der Waals surface area (Å²) in [6.07, 6.45) is 0. The molecular formula is C21H40N4O. The van der Waals surface area contributed by atoms with Crippen LogP contribution < -0.4 is 0 Å². The van der Waals surface area contributed by atoms with Crippen molar-refractivity contribution in [1.29, 1.82) is 0 Å². The smallest absolute Gasteiger partial charge is 0.229 e. The van der Waals surface area contributed by atoms with Gasteiger partial charge in [-0.05, 0) is 55.4 Å². The van der Waals surface area contributed by atoms with Crippen LogP contribution in [0.5, 0.6) is 0 Å². The number of likely N-dealkylation sites (N-methyl/N-ethyl adjacent to an activating group) is 4. The van der Waals surface area contributed by atoms with Gasteiger partial charge in [-0.1, -0.05) is 0 Å². The lowest BCUT2D eigenvalue weighted by atomic mass is 10.2. The average Bonchev–Trinajstić information content (AvgIpc) is 2.94. The zero-order valence-corrected chi connectivity index (χ0v) is 18.4. The molecule has 0 saturated carbocycles. The first kappa shape index (κ1) is 22.4. The molecular weight excluding hydrogens is 324 g/mol. The monoisotopic (exact) mass is 364 g/mol. The van der Waals surface area contributed by atoms with Gasteiger partial charge in [-0.2, -0.15) is 0 Å². The number of carbonyl (C=O) groups is 1. The molecule has 0 aromatic heterocycles. The largest absolute Gasteiger partial charge is 0.369 e. The lowest BCUT2D eigenvalue weighted by Gasteiger charge is -2.34. The third kappa shape index (κ3) is 4.02. The summed E-state index contributed by atoms with van der Waals surface area (Å²) >= 11 is 0. The zero-order valence-electron chi connectivity index (χ0n) is 18.4. The van der Waals surface area contributed by atoms with Crippen molar-refractivity contribution in [2.24, 2.45) is 0 Å². The predicted molar refractivity (Wildman–Crippen MR) is 111 cm³/mol. The minimum atomic E-state index is 0.196. The predicted octanol–water partition coefficient (Wildman–Crippen LogP) is 3.36. The summed E-state index contributed by atoms with van der Waals surface area (Å²) in [4.78, 5) is 22.8. The van der Waals surface area contributed by atoms with E-state index in [0.717, 1.165) is 75.1 Å². The summed E-state index contributed by atoms with van der Waals surface area (Å²) < 4.78 is 0. The molecule has 0 atom stereocenters. The van der Waals surface area contributed by atoms with E-state index in [1.165, 1.54) is 0 Å². The molecule has 1 aliphatic rings. The second kappa shape index (κ2) is 10.5. The van der Waals surface area contributed by atoms with Crippen LogP contribution in [0, 0.1) is 0 Å². The van der Waals surface area contributed by atoms with Crippen molar-refractivity contribution < 1.29 is 4.79 Å². The highest BCUT2D eigenvalue weighted by Crippen LogP contribution is 2.37.